The maximum absolute atomic E-state index is 13.7. The fourth-order valence-corrected chi connectivity index (χ4v) is 9.50. The first-order valence-electron chi connectivity index (χ1n) is 16.9. The third kappa shape index (κ3) is 5.34. The number of aliphatic hydroxyl groups excluding tert-OH is 2. The van der Waals surface area contributed by atoms with Crippen molar-refractivity contribution < 1.29 is 29.3 Å². The molecule has 13 heteroatoms. The quantitative estimate of drug-likeness (QED) is 0.295. The van der Waals surface area contributed by atoms with Crippen molar-refractivity contribution in [3.05, 3.63) is 25.2 Å². The second-order valence-corrected chi connectivity index (χ2v) is 15.1. The minimum Gasteiger partial charge on any atom is -0.458 e. The van der Waals surface area contributed by atoms with Crippen LogP contribution in [-0.4, -0.2) is 108 Å². The standard InChI is InChI=1S/C34H49N7O6/c1-6-31(3)17-24(43)33(5)27-23(42)7-9-34(27,21(2)28(31)46)11-10-32(33,4)47-26(45)19-39-13-15-40(16-14-39)25(44)8-12-41-20-37-22-18-36-30(35)38-29(22)41/h6,18,20-21,24,27-28,43,46H,1,7-17,19H2,2-5H3,(H2,35,36,38). The average molecular weight is 652 g/mol. The lowest BCUT2D eigenvalue weighted by molar-refractivity contribution is -0.252. The SMILES string of the molecule is C=CC1(C)CC(O)C2(C)C3C(=O)CCC3(CCC2(C)OC(=O)CN2CCN(C(=O)CCn3cnc4cnc(N)nc43)CC2)C(C)C1O. The van der Waals surface area contributed by atoms with Crippen LogP contribution in [0.5, 0.6) is 0 Å². The van der Waals surface area contributed by atoms with E-state index < -0.39 is 45.9 Å². The van der Waals surface area contributed by atoms with Crippen molar-refractivity contribution in [1.29, 1.82) is 0 Å². The Balaban J connectivity index is 1.10. The molecule has 13 nitrogen and oxygen atoms in total. The number of aromatic nitrogens is 4. The van der Waals surface area contributed by atoms with Crippen LogP contribution in [0.4, 0.5) is 5.95 Å². The van der Waals surface area contributed by atoms with Crippen molar-refractivity contribution in [2.24, 2.45) is 28.1 Å². The molecule has 0 radical (unpaired) electrons. The molecule has 8 atom stereocenters. The highest BCUT2D eigenvalue weighted by molar-refractivity contribution is 5.86. The molecule has 4 aliphatic rings. The van der Waals surface area contributed by atoms with E-state index in [2.05, 4.69) is 21.5 Å². The second-order valence-electron chi connectivity index (χ2n) is 15.1. The predicted octanol–water partition coefficient (Wildman–Crippen LogP) is 1.96. The van der Waals surface area contributed by atoms with E-state index in [0.29, 0.717) is 69.6 Å². The fourth-order valence-electron chi connectivity index (χ4n) is 9.50. The normalized spacial score (nSPS) is 37.7. The number of rotatable bonds is 7. The van der Waals surface area contributed by atoms with Crippen molar-refractivity contribution in [2.75, 3.05) is 38.5 Å². The molecule has 3 heterocycles. The summed E-state index contributed by atoms with van der Waals surface area (Å²) in [6, 6.07) is 0. The zero-order valence-electron chi connectivity index (χ0n) is 28.0. The van der Waals surface area contributed by atoms with Crippen LogP contribution in [-0.2, 0) is 25.7 Å². The molecule has 8 unspecified atom stereocenters. The number of nitrogen functional groups attached to an aromatic ring is 1. The average Bonchev–Trinajstić information content (AvgIpc) is 3.61. The minimum absolute atomic E-state index is 0.00704. The van der Waals surface area contributed by atoms with E-state index in [1.165, 1.54) is 0 Å². The van der Waals surface area contributed by atoms with E-state index in [4.69, 9.17) is 10.5 Å². The Bertz CT molecular complexity index is 1570. The number of aliphatic hydroxyl groups is 2. The summed E-state index contributed by atoms with van der Waals surface area (Å²) in [6.07, 6.45) is 5.79. The summed E-state index contributed by atoms with van der Waals surface area (Å²) >= 11 is 0. The highest BCUT2D eigenvalue weighted by Crippen LogP contribution is 2.69. The molecule has 1 saturated heterocycles. The number of anilines is 1. The van der Waals surface area contributed by atoms with E-state index in [9.17, 15) is 24.6 Å². The summed E-state index contributed by atoms with van der Waals surface area (Å²) in [5, 5.41) is 23.5. The maximum Gasteiger partial charge on any atom is 0.320 e. The third-order valence-electron chi connectivity index (χ3n) is 12.7. The van der Waals surface area contributed by atoms with Gasteiger partial charge >= 0.3 is 5.97 Å². The van der Waals surface area contributed by atoms with Crippen LogP contribution in [0.25, 0.3) is 11.2 Å². The number of imidazole rings is 1. The smallest absolute Gasteiger partial charge is 0.320 e. The van der Waals surface area contributed by atoms with Crippen LogP contribution in [0.15, 0.2) is 25.2 Å². The molecule has 2 aromatic heterocycles. The van der Waals surface area contributed by atoms with Crippen LogP contribution in [0.3, 0.4) is 0 Å². The van der Waals surface area contributed by atoms with Gasteiger partial charge in [-0.1, -0.05) is 26.8 Å². The molecule has 3 saturated carbocycles. The summed E-state index contributed by atoms with van der Waals surface area (Å²) in [5.74, 6) is -0.899. The molecule has 2 bridgehead atoms. The molecular weight excluding hydrogens is 602 g/mol. The number of aryl methyl sites for hydroxylation is 1. The minimum atomic E-state index is -1.09. The van der Waals surface area contributed by atoms with Crippen LogP contribution >= 0.6 is 0 Å². The molecule has 2 aromatic rings. The molecule has 1 aliphatic heterocycles. The summed E-state index contributed by atoms with van der Waals surface area (Å²) in [5.41, 5.74) is 3.53. The van der Waals surface area contributed by atoms with E-state index in [1.54, 1.807) is 28.1 Å². The molecule has 6 rings (SSSR count). The molecule has 4 fully saturated rings. The first-order valence-corrected chi connectivity index (χ1v) is 16.9. The Kier molecular flexibility index (Phi) is 8.49. The number of carbonyl (C=O) groups excluding carboxylic acids is 3. The fraction of sp³-hybridized carbons (Fsp3) is 0.706. The van der Waals surface area contributed by atoms with Crippen molar-refractivity contribution in [3.8, 4) is 0 Å². The number of piperazine rings is 1. The topological polar surface area (TPSA) is 177 Å². The summed E-state index contributed by atoms with van der Waals surface area (Å²) in [7, 11) is 0. The van der Waals surface area contributed by atoms with Gasteiger partial charge in [0.2, 0.25) is 11.9 Å². The van der Waals surface area contributed by atoms with Gasteiger partial charge in [-0.2, -0.15) is 4.98 Å². The number of carbonyl (C=O) groups is 3. The number of fused-ring (bicyclic) bond motifs is 1. The van der Waals surface area contributed by atoms with Gasteiger partial charge in [0, 0.05) is 62.3 Å². The van der Waals surface area contributed by atoms with Crippen molar-refractivity contribution in [1.82, 2.24) is 29.3 Å². The van der Waals surface area contributed by atoms with E-state index >= 15 is 0 Å². The first-order chi connectivity index (χ1) is 22.2. The zero-order chi connectivity index (χ0) is 33.9. The Morgan fingerprint density at radius 1 is 1.13 bits per heavy atom. The number of amides is 1. The number of esters is 1. The van der Waals surface area contributed by atoms with Crippen LogP contribution < -0.4 is 5.73 Å². The molecule has 0 spiro atoms. The largest absolute Gasteiger partial charge is 0.458 e. The molecule has 3 aliphatic carbocycles. The van der Waals surface area contributed by atoms with E-state index in [0.717, 1.165) is 0 Å². The number of nitrogens with two attached hydrogens (primary N) is 1. The highest BCUT2D eigenvalue weighted by atomic mass is 16.6. The van der Waals surface area contributed by atoms with Crippen molar-refractivity contribution in [2.45, 2.75) is 90.6 Å². The highest BCUT2D eigenvalue weighted by Gasteiger charge is 2.72. The Hall–Kier alpha value is -3.42. The van der Waals surface area contributed by atoms with Crippen molar-refractivity contribution >= 4 is 34.8 Å². The number of Topliss-reactive ketones (excluding diaryl/α,β-unsaturated/α-hetero) is 1. The van der Waals surface area contributed by atoms with E-state index in [-0.39, 0.29) is 42.9 Å². The lowest BCUT2D eigenvalue weighted by atomic mass is 9.42. The maximum atomic E-state index is 13.7. The molecule has 1 amide bonds. The second kappa shape index (κ2) is 11.9. The van der Waals surface area contributed by atoms with Crippen LogP contribution in [0.2, 0.25) is 0 Å². The van der Waals surface area contributed by atoms with Gasteiger partial charge in [0.25, 0.3) is 0 Å². The lowest BCUT2D eigenvalue weighted by Crippen LogP contribution is -2.69. The molecule has 0 aromatic carbocycles. The number of ether oxygens (including phenoxy) is 1. The van der Waals surface area contributed by atoms with Gasteiger partial charge in [-0.05, 0) is 43.9 Å². The Morgan fingerprint density at radius 2 is 1.85 bits per heavy atom. The van der Waals surface area contributed by atoms with Gasteiger partial charge in [0.1, 0.15) is 16.9 Å². The third-order valence-corrected chi connectivity index (χ3v) is 12.7. The molecule has 47 heavy (non-hydrogen) atoms. The van der Waals surface area contributed by atoms with Gasteiger partial charge < -0.3 is 30.2 Å². The number of nitrogens with zero attached hydrogens (tertiary/aromatic N) is 6. The lowest BCUT2D eigenvalue weighted by Gasteiger charge is -2.64. The van der Waals surface area contributed by atoms with Gasteiger partial charge in [0.15, 0.2) is 5.65 Å². The van der Waals surface area contributed by atoms with Crippen molar-refractivity contribution in [3.63, 3.8) is 0 Å². The van der Waals surface area contributed by atoms with Gasteiger partial charge in [-0.3, -0.25) is 19.3 Å². The number of hydrogen-bond acceptors (Lipinski definition) is 11. The zero-order valence-corrected chi connectivity index (χ0v) is 28.0. The monoisotopic (exact) mass is 651 g/mol. The Morgan fingerprint density at radius 3 is 2.55 bits per heavy atom. The van der Waals surface area contributed by atoms with Gasteiger partial charge in [-0.25, -0.2) is 9.97 Å². The molecule has 4 N–H and O–H groups in total. The Labute approximate surface area is 275 Å². The van der Waals surface area contributed by atoms with Gasteiger partial charge in [0.05, 0.1) is 31.3 Å². The summed E-state index contributed by atoms with van der Waals surface area (Å²) in [4.78, 5) is 56.5. The first kappa shape index (κ1) is 33.5. The van der Waals surface area contributed by atoms with E-state index in [1.807, 2.05) is 32.6 Å². The van der Waals surface area contributed by atoms with Crippen LogP contribution in [0.1, 0.15) is 66.2 Å². The van der Waals surface area contributed by atoms with Crippen LogP contribution in [0, 0.1) is 28.1 Å². The van der Waals surface area contributed by atoms with Gasteiger partial charge in [-0.15, -0.1) is 6.58 Å². The summed E-state index contributed by atoms with van der Waals surface area (Å²) in [6.45, 7) is 14.2. The molecule has 256 valence electrons. The molecular formula is C34H49N7O6. The predicted molar refractivity (Wildman–Crippen MR) is 173 cm³/mol. The summed E-state index contributed by atoms with van der Waals surface area (Å²) < 4.78 is 8.15. The number of ketones is 1. The number of hydrogen-bond donors (Lipinski definition) is 3.